The minimum atomic E-state index is -1.92. The van der Waals surface area contributed by atoms with Crippen molar-refractivity contribution in [2.24, 2.45) is 0 Å². The molecular formula is C14H16O2S. The maximum absolute atomic E-state index is 11.3. The van der Waals surface area contributed by atoms with E-state index in [4.69, 9.17) is 0 Å². The lowest BCUT2D eigenvalue weighted by Crippen LogP contribution is -1.93. The molecule has 0 radical (unpaired) electrons. The molecule has 3 heteroatoms. The summed E-state index contributed by atoms with van der Waals surface area (Å²) in [4.78, 5) is 0.501. The summed E-state index contributed by atoms with van der Waals surface area (Å²) in [5.41, 5.74) is 1.26. The smallest absolute Gasteiger partial charge is 0.187 e. The normalized spacial score (nSPS) is 12.8. The number of hydrogen-bond donors (Lipinski definition) is 1. The molecule has 0 amide bonds. The third kappa shape index (κ3) is 2.56. The topological polar surface area (TPSA) is 37.3 Å². The van der Waals surface area contributed by atoms with Gasteiger partial charge in [-0.1, -0.05) is 43.7 Å². The summed E-state index contributed by atoms with van der Waals surface area (Å²) in [6, 6.07) is 11.6. The van der Waals surface area contributed by atoms with Crippen LogP contribution in [-0.2, 0) is 17.5 Å². The van der Waals surface area contributed by atoms with E-state index >= 15 is 0 Å². The number of rotatable bonds is 4. The fraction of sp³-hybridized carbons (Fsp3) is 0.286. The molecule has 90 valence electrons. The van der Waals surface area contributed by atoms with Gasteiger partial charge in [-0.05, 0) is 29.9 Å². The average Bonchev–Trinajstić information content (AvgIpc) is 2.35. The zero-order chi connectivity index (χ0) is 12.3. The number of benzene rings is 2. The van der Waals surface area contributed by atoms with Crippen LogP contribution in [0.1, 0.15) is 25.3 Å². The Morgan fingerprint density at radius 3 is 2.53 bits per heavy atom. The van der Waals surface area contributed by atoms with E-state index in [1.807, 2.05) is 24.3 Å². The SMILES string of the molecule is CCCCc1cccc2c(S(=O)O)cccc12. The number of aryl methyl sites for hydroxylation is 1. The highest BCUT2D eigenvalue weighted by Gasteiger charge is 2.07. The fourth-order valence-electron chi connectivity index (χ4n) is 2.08. The van der Waals surface area contributed by atoms with E-state index in [1.54, 1.807) is 6.07 Å². The molecule has 0 saturated carbocycles. The molecule has 1 N–H and O–H groups in total. The lowest BCUT2D eigenvalue weighted by atomic mass is 10.0. The molecule has 2 nitrogen and oxygen atoms in total. The Hall–Kier alpha value is -1.19. The van der Waals surface area contributed by atoms with Gasteiger partial charge in [-0.3, -0.25) is 0 Å². The average molecular weight is 248 g/mol. The maximum Gasteiger partial charge on any atom is 0.187 e. The van der Waals surface area contributed by atoms with Gasteiger partial charge >= 0.3 is 0 Å². The van der Waals surface area contributed by atoms with Crippen molar-refractivity contribution in [3.63, 3.8) is 0 Å². The van der Waals surface area contributed by atoms with Crippen LogP contribution in [0, 0.1) is 0 Å². The Morgan fingerprint density at radius 1 is 1.12 bits per heavy atom. The van der Waals surface area contributed by atoms with E-state index in [9.17, 15) is 8.76 Å². The van der Waals surface area contributed by atoms with Crippen LogP contribution in [0.3, 0.4) is 0 Å². The van der Waals surface area contributed by atoms with Crippen LogP contribution in [0.15, 0.2) is 41.3 Å². The minimum Gasteiger partial charge on any atom is -0.302 e. The van der Waals surface area contributed by atoms with Gasteiger partial charge < -0.3 is 4.55 Å². The number of hydrogen-bond acceptors (Lipinski definition) is 1. The maximum atomic E-state index is 11.3. The van der Waals surface area contributed by atoms with Crippen molar-refractivity contribution in [1.29, 1.82) is 0 Å². The molecule has 0 aromatic heterocycles. The summed E-state index contributed by atoms with van der Waals surface area (Å²) in [5.74, 6) is 0. The molecule has 0 aliphatic rings. The quantitative estimate of drug-likeness (QED) is 0.836. The summed E-state index contributed by atoms with van der Waals surface area (Å²) in [6.45, 7) is 2.17. The van der Waals surface area contributed by atoms with E-state index in [2.05, 4.69) is 13.0 Å². The second-order valence-electron chi connectivity index (χ2n) is 4.12. The fourth-order valence-corrected chi connectivity index (χ4v) is 2.64. The van der Waals surface area contributed by atoms with Crippen molar-refractivity contribution in [3.8, 4) is 0 Å². The number of fused-ring (bicyclic) bond motifs is 1. The van der Waals surface area contributed by atoms with E-state index in [0.29, 0.717) is 4.90 Å². The van der Waals surface area contributed by atoms with E-state index in [1.165, 1.54) is 5.56 Å². The summed E-state index contributed by atoms with van der Waals surface area (Å²) in [5, 5.41) is 1.99. The second-order valence-corrected chi connectivity index (χ2v) is 5.06. The van der Waals surface area contributed by atoms with Gasteiger partial charge in [-0.25, -0.2) is 4.21 Å². The molecule has 0 aliphatic carbocycles. The summed E-state index contributed by atoms with van der Waals surface area (Å²) < 4.78 is 20.5. The molecule has 2 aromatic rings. The van der Waals surface area contributed by atoms with Crippen molar-refractivity contribution in [2.75, 3.05) is 0 Å². The first kappa shape index (κ1) is 12.3. The van der Waals surface area contributed by atoms with E-state index in [0.717, 1.165) is 30.0 Å². The Kier molecular flexibility index (Phi) is 3.92. The van der Waals surface area contributed by atoms with Crippen LogP contribution < -0.4 is 0 Å². The minimum absolute atomic E-state index is 0.501. The van der Waals surface area contributed by atoms with Crippen molar-refractivity contribution >= 4 is 21.9 Å². The first-order chi connectivity index (χ1) is 8.24. The molecule has 0 fully saturated rings. The highest BCUT2D eigenvalue weighted by atomic mass is 32.2. The van der Waals surface area contributed by atoms with Crippen LogP contribution in [0.25, 0.3) is 10.8 Å². The second kappa shape index (κ2) is 5.43. The van der Waals surface area contributed by atoms with Gasteiger partial charge in [-0.15, -0.1) is 0 Å². The molecule has 1 atom stereocenters. The lowest BCUT2D eigenvalue weighted by Gasteiger charge is -2.08. The third-order valence-electron chi connectivity index (χ3n) is 2.96. The third-order valence-corrected chi connectivity index (χ3v) is 3.69. The predicted octanol–water partition coefficient (Wildman–Crippen LogP) is 3.76. The van der Waals surface area contributed by atoms with Gasteiger partial charge in [0.1, 0.15) is 0 Å². The highest BCUT2D eigenvalue weighted by molar-refractivity contribution is 7.79. The Bertz CT molecular complexity index is 549. The summed E-state index contributed by atoms with van der Waals surface area (Å²) in [6.07, 6.45) is 3.32. The van der Waals surface area contributed by atoms with Crippen LogP contribution in [0.5, 0.6) is 0 Å². The van der Waals surface area contributed by atoms with E-state index in [-0.39, 0.29) is 0 Å². The zero-order valence-corrected chi connectivity index (χ0v) is 10.7. The van der Waals surface area contributed by atoms with Crippen molar-refractivity contribution in [1.82, 2.24) is 0 Å². The van der Waals surface area contributed by atoms with Gasteiger partial charge in [-0.2, -0.15) is 0 Å². The van der Waals surface area contributed by atoms with Gasteiger partial charge in [0.25, 0.3) is 0 Å². The van der Waals surface area contributed by atoms with E-state index < -0.39 is 11.1 Å². The number of unbranched alkanes of at least 4 members (excludes halogenated alkanes) is 1. The molecule has 0 aliphatic heterocycles. The summed E-state index contributed by atoms with van der Waals surface area (Å²) >= 11 is -1.92. The molecule has 2 rings (SSSR count). The van der Waals surface area contributed by atoms with Crippen molar-refractivity contribution in [2.45, 2.75) is 31.1 Å². The van der Waals surface area contributed by atoms with Crippen LogP contribution >= 0.6 is 0 Å². The van der Waals surface area contributed by atoms with Crippen molar-refractivity contribution < 1.29 is 8.76 Å². The van der Waals surface area contributed by atoms with Crippen molar-refractivity contribution in [3.05, 3.63) is 42.0 Å². The summed E-state index contributed by atoms with van der Waals surface area (Å²) in [7, 11) is 0. The van der Waals surface area contributed by atoms with Gasteiger partial charge in [0.05, 0.1) is 4.90 Å². The van der Waals surface area contributed by atoms with Gasteiger partial charge in [0.2, 0.25) is 0 Å². The first-order valence-electron chi connectivity index (χ1n) is 5.85. The van der Waals surface area contributed by atoms with Gasteiger partial charge in [0.15, 0.2) is 11.1 Å². The predicted molar refractivity (Wildman–Crippen MR) is 71.6 cm³/mol. The zero-order valence-electron chi connectivity index (χ0n) is 9.85. The molecular weight excluding hydrogens is 232 g/mol. The molecule has 17 heavy (non-hydrogen) atoms. The lowest BCUT2D eigenvalue weighted by molar-refractivity contribution is 0.565. The highest BCUT2D eigenvalue weighted by Crippen LogP contribution is 2.25. The first-order valence-corrected chi connectivity index (χ1v) is 6.96. The Balaban J connectivity index is 2.57. The van der Waals surface area contributed by atoms with Crippen LogP contribution in [0.4, 0.5) is 0 Å². The van der Waals surface area contributed by atoms with Gasteiger partial charge in [0, 0.05) is 5.39 Å². The molecule has 2 aromatic carbocycles. The standard InChI is InChI=1S/C14H16O2S/c1-2-3-6-11-7-4-9-13-12(11)8-5-10-14(13)17(15)16/h4-5,7-10H,2-3,6H2,1H3,(H,15,16). The molecule has 0 saturated heterocycles. The Labute approximate surface area is 104 Å². The molecule has 1 unspecified atom stereocenters. The molecule has 0 heterocycles. The van der Waals surface area contributed by atoms with Crippen LogP contribution in [-0.4, -0.2) is 8.76 Å². The molecule has 0 bridgehead atoms. The largest absolute Gasteiger partial charge is 0.302 e. The Morgan fingerprint density at radius 2 is 1.82 bits per heavy atom. The monoisotopic (exact) mass is 248 g/mol. The van der Waals surface area contributed by atoms with Crippen LogP contribution in [0.2, 0.25) is 0 Å². The molecule has 0 spiro atoms.